The molecular weight excluding hydrogens is 354 g/mol. The third kappa shape index (κ3) is 2.77. The van der Waals surface area contributed by atoms with Gasteiger partial charge in [0.25, 0.3) is 0 Å². The van der Waals surface area contributed by atoms with Crippen LogP contribution in [-0.4, -0.2) is 71.8 Å². The number of nitrogens with zero attached hydrogens (tertiary/aromatic N) is 6. The fraction of sp³-hybridized carbons (Fsp3) is 0.375. The van der Waals surface area contributed by atoms with E-state index in [0.29, 0.717) is 17.1 Å². The molecule has 3 aromatic rings. The van der Waals surface area contributed by atoms with Crippen molar-refractivity contribution in [1.29, 1.82) is 0 Å². The fourth-order valence-corrected chi connectivity index (χ4v) is 3.15. The lowest BCUT2D eigenvalue weighted by molar-refractivity contribution is -0.0503. The second-order valence-electron chi connectivity index (χ2n) is 6.21. The first-order valence-corrected chi connectivity index (χ1v) is 8.27. The van der Waals surface area contributed by atoms with E-state index in [1.54, 1.807) is 30.4 Å². The van der Waals surface area contributed by atoms with Crippen molar-refractivity contribution in [3.05, 3.63) is 30.9 Å². The van der Waals surface area contributed by atoms with Gasteiger partial charge in [-0.25, -0.2) is 15.0 Å². The third-order valence-corrected chi connectivity index (χ3v) is 4.59. The molecule has 3 aromatic heterocycles. The summed E-state index contributed by atoms with van der Waals surface area (Å²) in [4.78, 5) is 18.5. The average molecular weight is 373 g/mol. The topological polar surface area (TPSA) is 156 Å². The molecule has 0 spiro atoms. The first-order chi connectivity index (χ1) is 13.0. The first kappa shape index (κ1) is 17.5. The monoisotopic (exact) mass is 373 g/mol. The van der Waals surface area contributed by atoms with Gasteiger partial charge in [-0.3, -0.25) is 9.55 Å². The Morgan fingerprint density at radius 1 is 1.30 bits per heavy atom. The Kier molecular flexibility index (Phi) is 4.36. The van der Waals surface area contributed by atoms with Crippen LogP contribution >= 0.6 is 0 Å². The fourth-order valence-electron chi connectivity index (χ4n) is 3.15. The van der Waals surface area contributed by atoms with Gasteiger partial charge in [-0.05, 0) is 12.1 Å². The van der Waals surface area contributed by atoms with Crippen LogP contribution in [0.2, 0.25) is 0 Å². The summed E-state index contributed by atoms with van der Waals surface area (Å²) in [7, 11) is 1.76. The maximum absolute atomic E-state index is 10.5. The lowest BCUT2D eigenvalue weighted by Gasteiger charge is -2.24. The normalized spacial score (nSPS) is 25.2. The van der Waals surface area contributed by atoms with Gasteiger partial charge in [-0.1, -0.05) is 0 Å². The molecule has 1 aliphatic heterocycles. The number of rotatable bonds is 4. The summed E-state index contributed by atoms with van der Waals surface area (Å²) in [6, 6.07) is 3.61. The number of ether oxygens (including phenoxy) is 1. The SMILES string of the molecule is CN(c1cccnc1)c1nc2c(N)ncnc2n1[C@@H]1O[C@H](CO)[C@@H](O)[C@H]1O. The molecule has 1 saturated heterocycles. The van der Waals surface area contributed by atoms with Crippen LogP contribution in [0, 0.1) is 0 Å². The standard InChI is InChI=1S/C16H19N7O4/c1-22(8-3-2-4-18-5-8)16-21-10-13(17)19-7-20-14(10)23(16)15-12(26)11(25)9(6-24)27-15/h2-5,7,9,11-12,15,24-26H,6H2,1H3,(H2,17,19,20)/t9-,11-,12-,15-/m1/s1. The van der Waals surface area contributed by atoms with Crippen molar-refractivity contribution in [2.24, 2.45) is 0 Å². The number of nitrogen functional groups attached to an aromatic ring is 1. The molecule has 27 heavy (non-hydrogen) atoms. The van der Waals surface area contributed by atoms with E-state index in [2.05, 4.69) is 19.9 Å². The van der Waals surface area contributed by atoms with Crippen LogP contribution in [0.1, 0.15) is 6.23 Å². The number of hydrogen-bond donors (Lipinski definition) is 4. The summed E-state index contributed by atoms with van der Waals surface area (Å²) >= 11 is 0. The van der Waals surface area contributed by atoms with E-state index < -0.39 is 31.1 Å². The smallest absolute Gasteiger partial charge is 0.214 e. The van der Waals surface area contributed by atoms with Crippen LogP contribution in [0.4, 0.5) is 17.5 Å². The van der Waals surface area contributed by atoms with E-state index in [1.807, 2.05) is 6.07 Å². The van der Waals surface area contributed by atoms with Crippen molar-refractivity contribution < 1.29 is 20.1 Å². The van der Waals surface area contributed by atoms with Gasteiger partial charge in [0.05, 0.1) is 18.5 Å². The molecule has 0 aromatic carbocycles. The summed E-state index contributed by atoms with van der Waals surface area (Å²) in [6.07, 6.45) is 0.0744. The highest BCUT2D eigenvalue weighted by atomic mass is 16.6. The molecule has 4 heterocycles. The van der Waals surface area contributed by atoms with E-state index >= 15 is 0 Å². The zero-order chi connectivity index (χ0) is 19.1. The molecule has 0 saturated carbocycles. The molecule has 142 valence electrons. The molecule has 0 unspecified atom stereocenters. The number of fused-ring (bicyclic) bond motifs is 1. The van der Waals surface area contributed by atoms with Gasteiger partial charge in [-0.2, -0.15) is 0 Å². The molecule has 1 aliphatic rings. The Bertz CT molecular complexity index is 951. The van der Waals surface area contributed by atoms with E-state index in [-0.39, 0.29) is 5.82 Å². The summed E-state index contributed by atoms with van der Waals surface area (Å²) in [5.41, 5.74) is 7.34. The number of imidazole rings is 1. The zero-order valence-corrected chi connectivity index (χ0v) is 14.4. The van der Waals surface area contributed by atoms with E-state index in [1.165, 1.54) is 10.9 Å². The molecule has 1 fully saturated rings. The van der Waals surface area contributed by atoms with Crippen LogP contribution in [0.25, 0.3) is 11.2 Å². The maximum Gasteiger partial charge on any atom is 0.214 e. The molecule has 4 atom stereocenters. The van der Waals surface area contributed by atoms with Crippen molar-refractivity contribution in [2.75, 3.05) is 24.3 Å². The Morgan fingerprint density at radius 3 is 2.78 bits per heavy atom. The second-order valence-corrected chi connectivity index (χ2v) is 6.21. The first-order valence-electron chi connectivity index (χ1n) is 8.27. The highest BCUT2D eigenvalue weighted by Gasteiger charge is 2.45. The van der Waals surface area contributed by atoms with Gasteiger partial charge in [0, 0.05) is 13.2 Å². The van der Waals surface area contributed by atoms with Gasteiger partial charge in [0.2, 0.25) is 5.95 Å². The Hall–Kier alpha value is -2.86. The average Bonchev–Trinajstić information content (AvgIpc) is 3.21. The number of aromatic nitrogens is 5. The number of aliphatic hydroxyl groups is 3. The Balaban J connectivity index is 1.89. The Labute approximate surface area is 153 Å². The summed E-state index contributed by atoms with van der Waals surface area (Å²) in [5, 5.41) is 30.0. The van der Waals surface area contributed by atoms with Gasteiger partial charge in [0.1, 0.15) is 24.6 Å². The quantitative estimate of drug-likeness (QED) is 0.456. The molecule has 0 aliphatic carbocycles. The van der Waals surface area contributed by atoms with Crippen molar-refractivity contribution in [3.8, 4) is 0 Å². The number of pyridine rings is 1. The number of nitrogens with two attached hydrogens (primary N) is 1. The maximum atomic E-state index is 10.5. The largest absolute Gasteiger partial charge is 0.394 e. The predicted octanol–water partition coefficient (Wildman–Crippen LogP) is -0.817. The predicted molar refractivity (Wildman–Crippen MR) is 95.0 cm³/mol. The van der Waals surface area contributed by atoms with Crippen LogP contribution in [0.3, 0.4) is 0 Å². The molecule has 0 radical (unpaired) electrons. The van der Waals surface area contributed by atoms with Crippen molar-refractivity contribution in [2.45, 2.75) is 24.5 Å². The lowest BCUT2D eigenvalue weighted by atomic mass is 10.1. The van der Waals surface area contributed by atoms with Crippen molar-refractivity contribution in [1.82, 2.24) is 24.5 Å². The van der Waals surface area contributed by atoms with Gasteiger partial charge >= 0.3 is 0 Å². The molecule has 0 bridgehead atoms. The summed E-state index contributed by atoms with van der Waals surface area (Å²) < 4.78 is 7.22. The van der Waals surface area contributed by atoms with E-state index in [0.717, 1.165) is 5.69 Å². The van der Waals surface area contributed by atoms with Crippen LogP contribution < -0.4 is 10.6 Å². The van der Waals surface area contributed by atoms with Crippen molar-refractivity contribution in [3.63, 3.8) is 0 Å². The molecule has 0 amide bonds. The molecular formula is C16H19N7O4. The zero-order valence-electron chi connectivity index (χ0n) is 14.4. The molecule has 5 N–H and O–H groups in total. The lowest BCUT2D eigenvalue weighted by Crippen LogP contribution is -2.33. The van der Waals surface area contributed by atoms with Crippen LogP contribution in [0.15, 0.2) is 30.9 Å². The molecule has 4 rings (SSSR count). The molecule has 11 nitrogen and oxygen atoms in total. The highest BCUT2D eigenvalue weighted by Crippen LogP contribution is 2.37. The van der Waals surface area contributed by atoms with Crippen LogP contribution in [-0.2, 0) is 4.74 Å². The van der Waals surface area contributed by atoms with Gasteiger partial charge in [-0.15, -0.1) is 0 Å². The second kappa shape index (κ2) is 6.70. The highest BCUT2D eigenvalue weighted by molar-refractivity contribution is 5.85. The minimum absolute atomic E-state index is 0.173. The summed E-state index contributed by atoms with van der Waals surface area (Å²) in [5.74, 6) is 0.534. The third-order valence-electron chi connectivity index (χ3n) is 4.59. The van der Waals surface area contributed by atoms with Crippen molar-refractivity contribution >= 4 is 28.6 Å². The van der Waals surface area contributed by atoms with E-state index in [4.69, 9.17) is 10.5 Å². The number of hydrogen-bond acceptors (Lipinski definition) is 10. The minimum Gasteiger partial charge on any atom is -0.394 e. The van der Waals surface area contributed by atoms with Crippen LogP contribution in [0.5, 0.6) is 0 Å². The summed E-state index contributed by atoms with van der Waals surface area (Å²) in [6.45, 7) is -0.438. The molecule has 11 heteroatoms. The van der Waals surface area contributed by atoms with E-state index in [9.17, 15) is 15.3 Å². The Morgan fingerprint density at radius 2 is 2.11 bits per heavy atom. The van der Waals surface area contributed by atoms with Gasteiger partial charge in [0.15, 0.2) is 23.2 Å². The van der Waals surface area contributed by atoms with Gasteiger partial charge < -0.3 is 30.7 Å². The number of anilines is 3. The number of aliphatic hydroxyl groups excluding tert-OH is 3. The minimum atomic E-state index is -1.29.